The van der Waals surface area contributed by atoms with E-state index in [9.17, 15) is 14.0 Å². The number of carbonyl (C=O) groups is 2. The Labute approximate surface area is 169 Å². The van der Waals surface area contributed by atoms with Crippen molar-refractivity contribution in [3.8, 4) is 0 Å². The molecule has 0 unspecified atom stereocenters. The molecule has 0 saturated carbocycles. The van der Waals surface area contributed by atoms with Crippen LogP contribution < -0.4 is 10.6 Å². The number of aromatic nitrogens is 2. The van der Waals surface area contributed by atoms with Crippen LogP contribution >= 0.6 is 0 Å². The third-order valence-corrected chi connectivity index (χ3v) is 5.59. The van der Waals surface area contributed by atoms with Gasteiger partial charge in [0.1, 0.15) is 23.3 Å². The number of hydrogen-bond donors (Lipinski definition) is 2. The molecule has 0 spiro atoms. The van der Waals surface area contributed by atoms with Gasteiger partial charge in [-0.15, -0.1) is 0 Å². The number of piperidine rings is 1. The summed E-state index contributed by atoms with van der Waals surface area (Å²) >= 11 is 0. The average molecular weight is 401 g/mol. The van der Waals surface area contributed by atoms with Gasteiger partial charge in [0.15, 0.2) is 0 Å². The summed E-state index contributed by atoms with van der Waals surface area (Å²) in [7, 11) is 0. The van der Waals surface area contributed by atoms with Gasteiger partial charge >= 0.3 is 0 Å². The van der Waals surface area contributed by atoms with Crippen LogP contribution in [0.1, 0.15) is 58.1 Å². The van der Waals surface area contributed by atoms with Crippen molar-refractivity contribution in [3.63, 3.8) is 0 Å². The summed E-state index contributed by atoms with van der Waals surface area (Å²) in [6, 6.07) is 2.73. The Bertz CT molecular complexity index is 940. The maximum Gasteiger partial charge on any atom is 0.245 e. The van der Waals surface area contributed by atoms with E-state index in [4.69, 9.17) is 4.98 Å². The van der Waals surface area contributed by atoms with Gasteiger partial charge in [-0.3, -0.25) is 14.0 Å². The van der Waals surface area contributed by atoms with Gasteiger partial charge in [-0.2, -0.15) is 0 Å². The molecular weight excluding hydrogens is 373 g/mol. The number of pyridine rings is 1. The van der Waals surface area contributed by atoms with Crippen molar-refractivity contribution in [1.82, 2.24) is 19.6 Å². The molecule has 4 rings (SSSR count). The number of likely N-dealkylation sites (tertiary alicyclic amines) is 1. The highest BCUT2D eigenvalue weighted by Gasteiger charge is 2.34. The lowest BCUT2D eigenvalue weighted by molar-refractivity contribution is -0.135. The molecule has 0 aliphatic carbocycles. The first-order valence-corrected chi connectivity index (χ1v) is 10.2. The summed E-state index contributed by atoms with van der Waals surface area (Å²) in [5, 5.41) is 6.25. The van der Waals surface area contributed by atoms with Crippen LogP contribution in [0.2, 0.25) is 0 Å². The normalized spacial score (nSPS) is 20.9. The lowest BCUT2D eigenvalue weighted by Crippen LogP contribution is -2.47. The van der Waals surface area contributed by atoms with Crippen molar-refractivity contribution in [2.45, 2.75) is 64.0 Å². The zero-order valence-corrected chi connectivity index (χ0v) is 17.2. The van der Waals surface area contributed by atoms with Crippen LogP contribution in [0.4, 0.5) is 10.2 Å². The molecule has 0 bridgehead atoms. The van der Waals surface area contributed by atoms with E-state index in [0.29, 0.717) is 31.6 Å². The van der Waals surface area contributed by atoms with Gasteiger partial charge in [0, 0.05) is 37.2 Å². The van der Waals surface area contributed by atoms with Gasteiger partial charge in [0.25, 0.3) is 0 Å². The fourth-order valence-corrected chi connectivity index (χ4v) is 4.19. The fourth-order valence-electron chi connectivity index (χ4n) is 4.19. The highest BCUT2D eigenvalue weighted by atomic mass is 19.1. The van der Waals surface area contributed by atoms with Gasteiger partial charge in [0.05, 0.1) is 5.69 Å². The van der Waals surface area contributed by atoms with Crippen LogP contribution in [0.5, 0.6) is 0 Å². The molecular formula is C21H28FN5O2. The quantitative estimate of drug-likeness (QED) is 0.829. The molecule has 2 aromatic rings. The zero-order valence-electron chi connectivity index (χ0n) is 17.2. The molecule has 2 fully saturated rings. The molecule has 156 valence electrons. The summed E-state index contributed by atoms with van der Waals surface area (Å²) in [5.41, 5.74) is 1.43. The predicted molar refractivity (Wildman–Crippen MR) is 108 cm³/mol. The molecule has 7 nitrogen and oxygen atoms in total. The lowest BCUT2D eigenvalue weighted by atomic mass is 9.92. The van der Waals surface area contributed by atoms with Crippen molar-refractivity contribution in [2.75, 3.05) is 18.4 Å². The van der Waals surface area contributed by atoms with Crippen molar-refractivity contribution in [3.05, 3.63) is 29.8 Å². The number of hydrogen-bond acceptors (Lipinski definition) is 4. The predicted octanol–water partition coefficient (Wildman–Crippen LogP) is 2.67. The first-order valence-electron chi connectivity index (χ1n) is 10.2. The van der Waals surface area contributed by atoms with E-state index < -0.39 is 0 Å². The third kappa shape index (κ3) is 4.06. The number of nitrogens with one attached hydrogen (secondary N) is 2. The van der Waals surface area contributed by atoms with Gasteiger partial charge in [-0.25, -0.2) is 9.37 Å². The maximum absolute atomic E-state index is 13.9. The van der Waals surface area contributed by atoms with Crippen LogP contribution in [0.15, 0.2) is 18.3 Å². The van der Waals surface area contributed by atoms with Crippen LogP contribution in [0.3, 0.4) is 0 Å². The van der Waals surface area contributed by atoms with E-state index in [1.54, 1.807) is 10.5 Å². The van der Waals surface area contributed by atoms with Crippen molar-refractivity contribution < 1.29 is 14.0 Å². The molecule has 2 N–H and O–H groups in total. The van der Waals surface area contributed by atoms with Crippen LogP contribution in [0, 0.1) is 5.82 Å². The summed E-state index contributed by atoms with van der Waals surface area (Å²) in [6.07, 6.45) is 4.04. The minimum absolute atomic E-state index is 0.0133. The van der Waals surface area contributed by atoms with Crippen LogP contribution in [-0.2, 0) is 9.59 Å². The summed E-state index contributed by atoms with van der Waals surface area (Å²) in [6.45, 7) is 7.45. The Morgan fingerprint density at radius 1 is 1.24 bits per heavy atom. The number of halogens is 1. The van der Waals surface area contributed by atoms with Crippen LogP contribution in [-0.4, -0.2) is 50.8 Å². The van der Waals surface area contributed by atoms with Gasteiger partial charge in [-0.1, -0.05) is 0 Å². The Hall–Kier alpha value is -2.64. The number of imidazole rings is 1. The van der Waals surface area contributed by atoms with E-state index in [-0.39, 0.29) is 35.1 Å². The Kier molecular flexibility index (Phi) is 4.96. The second-order valence-electron chi connectivity index (χ2n) is 9.05. The molecule has 2 aromatic heterocycles. The van der Waals surface area contributed by atoms with E-state index in [2.05, 4.69) is 31.4 Å². The molecule has 0 radical (unpaired) electrons. The van der Waals surface area contributed by atoms with Gasteiger partial charge in [0.2, 0.25) is 11.8 Å². The first-order chi connectivity index (χ1) is 13.7. The molecule has 29 heavy (non-hydrogen) atoms. The van der Waals surface area contributed by atoms with E-state index >= 15 is 0 Å². The van der Waals surface area contributed by atoms with Gasteiger partial charge < -0.3 is 15.5 Å². The minimum atomic E-state index is -0.379. The van der Waals surface area contributed by atoms with Crippen molar-refractivity contribution in [1.29, 1.82) is 0 Å². The fraction of sp³-hybridized carbons (Fsp3) is 0.571. The monoisotopic (exact) mass is 401 g/mol. The molecule has 1 atom stereocenters. The van der Waals surface area contributed by atoms with Crippen LogP contribution in [0.25, 0.3) is 5.65 Å². The topological polar surface area (TPSA) is 78.7 Å². The van der Waals surface area contributed by atoms with E-state index in [1.807, 2.05) is 4.90 Å². The first kappa shape index (κ1) is 19.7. The molecule has 2 saturated heterocycles. The molecule has 8 heteroatoms. The third-order valence-electron chi connectivity index (χ3n) is 5.59. The Morgan fingerprint density at radius 2 is 1.97 bits per heavy atom. The number of carbonyl (C=O) groups excluding carboxylic acids is 2. The second-order valence-corrected chi connectivity index (χ2v) is 9.05. The van der Waals surface area contributed by atoms with E-state index in [1.165, 1.54) is 12.3 Å². The zero-order chi connectivity index (χ0) is 20.8. The second kappa shape index (κ2) is 7.31. The Morgan fingerprint density at radius 3 is 2.59 bits per heavy atom. The Balaban J connectivity index is 1.54. The molecule has 2 amide bonds. The smallest absolute Gasteiger partial charge is 0.245 e. The van der Waals surface area contributed by atoms with Crippen molar-refractivity contribution in [2.24, 2.45) is 0 Å². The highest BCUT2D eigenvalue weighted by Crippen LogP contribution is 2.35. The van der Waals surface area contributed by atoms with Crippen molar-refractivity contribution >= 4 is 23.3 Å². The number of nitrogens with zero attached hydrogens (tertiary/aromatic N) is 3. The number of rotatable bonds is 3. The maximum atomic E-state index is 13.9. The molecule has 2 aliphatic rings. The largest absolute Gasteiger partial charge is 0.365 e. The molecule has 4 heterocycles. The molecule has 2 aliphatic heterocycles. The SMILES string of the molecule is CC(C)(C)Nc1c(C2CCN(C(=O)[C@@H]3CCC(=O)N3)CC2)nc2ccc(F)cn12. The van der Waals surface area contributed by atoms with E-state index in [0.717, 1.165) is 24.4 Å². The number of anilines is 1. The molecule has 0 aromatic carbocycles. The average Bonchev–Trinajstić information content (AvgIpc) is 3.24. The minimum Gasteiger partial charge on any atom is -0.365 e. The lowest BCUT2D eigenvalue weighted by Gasteiger charge is -2.33. The summed E-state index contributed by atoms with van der Waals surface area (Å²) in [5.74, 6) is 0.662. The standard InChI is InChI=1S/C21H28FN5O2/c1-21(2,3)25-19-18(24-16-6-4-14(22)12-27(16)19)13-8-10-26(11-9-13)20(29)15-5-7-17(28)23-15/h4,6,12-13,15,25H,5,7-11H2,1-3H3,(H,23,28)/t15-/m0/s1. The van der Waals surface area contributed by atoms with Gasteiger partial charge in [-0.05, 0) is 52.2 Å². The summed E-state index contributed by atoms with van der Waals surface area (Å²) < 4.78 is 15.6. The summed E-state index contributed by atoms with van der Waals surface area (Å²) in [4.78, 5) is 30.7. The number of fused-ring (bicyclic) bond motifs is 1. The highest BCUT2D eigenvalue weighted by molar-refractivity contribution is 5.90. The number of amides is 2.